The van der Waals surface area contributed by atoms with Gasteiger partial charge in [0.2, 0.25) is 0 Å². The molecule has 0 unspecified atom stereocenters. The minimum Gasteiger partial charge on any atom is -0.294 e. The Morgan fingerprint density at radius 2 is 0.952 bits per heavy atom. The highest BCUT2D eigenvalue weighted by molar-refractivity contribution is 7.87. The second kappa shape index (κ2) is 16.6. The summed E-state index contributed by atoms with van der Waals surface area (Å²) < 4.78 is 133. The molecule has 5 N–H and O–H groups in total. The van der Waals surface area contributed by atoms with Crippen LogP contribution in [0.3, 0.4) is 0 Å². The summed E-state index contributed by atoms with van der Waals surface area (Å²) in [5.41, 5.74) is 3.53. The molecule has 6 aromatic carbocycles. The van der Waals surface area contributed by atoms with Crippen LogP contribution in [0.25, 0.3) is 21.5 Å². The van der Waals surface area contributed by atoms with Gasteiger partial charge in [-0.1, -0.05) is 36.4 Å². The highest BCUT2D eigenvalue weighted by Gasteiger charge is 2.22. The van der Waals surface area contributed by atoms with Crippen LogP contribution in [0.5, 0.6) is 0 Å². The van der Waals surface area contributed by atoms with Gasteiger partial charge < -0.3 is 0 Å². The largest absolute Gasteiger partial charge is 0.348 e. The predicted molar refractivity (Wildman–Crippen MR) is 226 cm³/mol. The number of hydrogen-bond acceptors (Lipinski definition) is 15. The average Bonchev–Trinajstić information content (AvgIpc) is 3.17. The molecule has 0 aliphatic carbocycles. The van der Waals surface area contributed by atoms with E-state index in [1.54, 1.807) is 44.2 Å². The Hall–Kier alpha value is -6.51. The van der Waals surface area contributed by atoms with E-state index >= 15 is 0 Å². The molecule has 0 atom stereocenters. The number of H-pyrrole nitrogens is 1. The van der Waals surface area contributed by atoms with Crippen LogP contribution in [-0.2, 0) is 53.3 Å². The van der Waals surface area contributed by atoms with Crippen molar-refractivity contribution in [3.05, 3.63) is 141 Å². The molecule has 0 fully saturated rings. The van der Waals surface area contributed by atoms with Crippen LogP contribution in [0.15, 0.2) is 142 Å². The maximum atomic E-state index is 12.6. The molecule has 7 rings (SSSR count). The molecule has 0 aliphatic rings. The monoisotopic (exact) mass is 933 g/mol. The summed E-state index contributed by atoms with van der Waals surface area (Å²) in [5.74, 6) is 0.583. The fourth-order valence-electron chi connectivity index (χ4n) is 6.54. The van der Waals surface area contributed by atoms with E-state index in [0.29, 0.717) is 40.5 Å². The number of aryl methyl sites for hydroxylation is 2. The number of azo groups is 2. The van der Waals surface area contributed by atoms with E-state index in [0.717, 1.165) is 23.3 Å². The smallest absolute Gasteiger partial charge is 0.294 e. The third kappa shape index (κ3) is 10.4. The van der Waals surface area contributed by atoms with Crippen molar-refractivity contribution in [3.63, 3.8) is 0 Å². The van der Waals surface area contributed by atoms with E-state index in [4.69, 9.17) is 0 Å². The van der Waals surface area contributed by atoms with Crippen molar-refractivity contribution in [1.29, 1.82) is 0 Å². The van der Waals surface area contributed by atoms with E-state index in [-0.39, 0.29) is 51.6 Å². The van der Waals surface area contributed by atoms with E-state index in [9.17, 15) is 56.7 Å². The van der Waals surface area contributed by atoms with Crippen LogP contribution in [-0.4, -0.2) is 66.8 Å². The van der Waals surface area contributed by atoms with Crippen molar-refractivity contribution >= 4 is 84.8 Å². The minimum absolute atomic E-state index is 0.0491. The SMILES string of the molecule is Cc1cc(Cc2nc(Cc3ccc(N=Nc4ccc5cc(S(=O)(=O)O)cc(S(=O)(=O)O)c5c4)c(C)c3)[nH]c(=O)n2)ccc1N=Nc1ccc2cc(S(=O)(=O)O)cc(S(=O)(=O)O)c2c1. The van der Waals surface area contributed by atoms with Gasteiger partial charge >= 0.3 is 5.69 Å². The van der Waals surface area contributed by atoms with Crippen LogP contribution in [0, 0.1) is 13.8 Å². The average molecular weight is 934 g/mol. The second-order valence-corrected chi connectivity index (χ2v) is 19.7. The number of hydrogen-bond donors (Lipinski definition) is 5. The molecule has 0 saturated carbocycles. The van der Waals surface area contributed by atoms with Crippen molar-refractivity contribution < 1.29 is 51.9 Å². The van der Waals surface area contributed by atoms with Gasteiger partial charge in [0.1, 0.15) is 21.4 Å². The molecule has 7 aromatic rings. The van der Waals surface area contributed by atoms with Crippen molar-refractivity contribution in [2.24, 2.45) is 20.5 Å². The Morgan fingerprint density at radius 1 is 0.508 bits per heavy atom. The van der Waals surface area contributed by atoms with Gasteiger partial charge in [0.25, 0.3) is 40.5 Å². The van der Waals surface area contributed by atoms with Gasteiger partial charge in [0, 0.05) is 23.6 Å². The molecular weight excluding hydrogens is 903 g/mol. The van der Waals surface area contributed by atoms with Crippen LogP contribution in [0.2, 0.25) is 0 Å². The van der Waals surface area contributed by atoms with Gasteiger partial charge in [-0.25, -0.2) is 9.78 Å². The Kier molecular flexibility index (Phi) is 11.8. The summed E-state index contributed by atoms with van der Waals surface area (Å²) in [6, 6.07) is 22.0. The molecule has 63 heavy (non-hydrogen) atoms. The summed E-state index contributed by atoms with van der Waals surface area (Å²) >= 11 is 0. The number of fused-ring (bicyclic) bond motifs is 2. The fourth-order valence-corrected chi connectivity index (χ4v) is 9.23. The number of nitrogens with zero attached hydrogens (tertiary/aromatic N) is 6. The Labute approximate surface area is 358 Å². The van der Waals surface area contributed by atoms with Crippen LogP contribution in [0.4, 0.5) is 22.7 Å². The molecule has 1 aromatic heterocycles. The molecular formula is C39H31N7O13S4. The van der Waals surface area contributed by atoms with E-state index in [1.807, 2.05) is 6.07 Å². The summed E-state index contributed by atoms with van der Waals surface area (Å²) in [5, 5.41) is 17.0. The van der Waals surface area contributed by atoms with Crippen molar-refractivity contribution in [3.8, 4) is 0 Å². The number of rotatable bonds is 12. The number of aromatic amines is 1. The van der Waals surface area contributed by atoms with Gasteiger partial charge in [-0.2, -0.15) is 59.1 Å². The summed E-state index contributed by atoms with van der Waals surface area (Å²) in [7, 11) is -19.4. The molecule has 20 nitrogen and oxygen atoms in total. The Morgan fingerprint density at radius 3 is 1.37 bits per heavy atom. The Bertz CT molecular complexity index is 3400. The van der Waals surface area contributed by atoms with Gasteiger partial charge in [0.05, 0.1) is 32.5 Å². The van der Waals surface area contributed by atoms with Gasteiger partial charge in [-0.05, 0) is 108 Å². The first-order chi connectivity index (χ1) is 29.4. The lowest BCUT2D eigenvalue weighted by molar-refractivity contribution is 0.477. The van der Waals surface area contributed by atoms with Crippen LogP contribution < -0.4 is 5.69 Å². The summed E-state index contributed by atoms with van der Waals surface area (Å²) in [6.07, 6.45) is 0.405. The third-order valence-corrected chi connectivity index (χ3v) is 12.9. The standard InChI is InChI=1S/C39H31N7O13S4/c1-21-11-23(3-9-33(21)45-43-27-7-5-25-15-29(60(48,49)50)19-35(31(25)17-27)62(54,55)56)13-37-40-38(42-39(47)41-37)14-24-4-10-34(22(2)12-24)46-44-28-8-6-26-16-30(61(51,52)53)20-36(32(26)18-28)63(57,58)59/h3-12,15-20H,13-14H2,1-2H3,(H,48,49,50)(H,51,52,53)(H,54,55,56)(H,57,58,59)(H,40,41,42,47). The maximum Gasteiger partial charge on any atom is 0.348 e. The highest BCUT2D eigenvalue weighted by Crippen LogP contribution is 2.34. The summed E-state index contributed by atoms with van der Waals surface area (Å²) in [6.45, 7) is 3.55. The molecule has 0 spiro atoms. The molecule has 0 saturated heterocycles. The van der Waals surface area contributed by atoms with Crippen molar-refractivity contribution in [2.75, 3.05) is 0 Å². The first-order valence-electron chi connectivity index (χ1n) is 17.9. The first-order valence-corrected chi connectivity index (χ1v) is 23.7. The van der Waals surface area contributed by atoms with Crippen molar-refractivity contribution in [2.45, 2.75) is 46.3 Å². The molecule has 0 bridgehead atoms. The zero-order valence-corrected chi connectivity index (χ0v) is 35.7. The second-order valence-electron chi connectivity index (χ2n) is 14.1. The highest BCUT2D eigenvalue weighted by atomic mass is 32.2. The predicted octanol–water partition coefficient (Wildman–Crippen LogP) is 7.09. The fraction of sp³-hybridized carbons (Fsp3) is 0.103. The molecule has 0 amide bonds. The summed E-state index contributed by atoms with van der Waals surface area (Å²) in [4.78, 5) is 20.9. The molecule has 1 heterocycles. The number of benzene rings is 6. The maximum absolute atomic E-state index is 12.6. The lowest BCUT2D eigenvalue weighted by Crippen LogP contribution is -2.18. The van der Waals surface area contributed by atoms with E-state index in [1.165, 1.54) is 36.4 Å². The number of nitrogens with one attached hydrogen (secondary N) is 1. The van der Waals surface area contributed by atoms with E-state index < -0.39 is 65.7 Å². The zero-order valence-electron chi connectivity index (χ0n) is 32.4. The third-order valence-electron chi connectivity index (χ3n) is 9.45. The Balaban J connectivity index is 1.05. The van der Waals surface area contributed by atoms with Gasteiger partial charge in [0.15, 0.2) is 0 Å². The van der Waals surface area contributed by atoms with Gasteiger partial charge in [-0.15, -0.1) is 0 Å². The van der Waals surface area contributed by atoms with Crippen LogP contribution in [0.1, 0.15) is 33.9 Å². The topological polar surface area (TPSA) is 326 Å². The first kappa shape index (κ1) is 44.5. The molecule has 0 radical (unpaired) electrons. The lowest BCUT2D eigenvalue weighted by Gasteiger charge is -2.08. The normalized spacial score (nSPS) is 12.9. The van der Waals surface area contributed by atoms with Crippen LogP contribution >= 0.6 is 0 Å². The molecule has 324 valence electrons. The molecule has 24 heteroatoms. The van der Waals surface area contributed by atoms with Gasteiger partial charge in [-0.3, -0.25) is 23.2 Å². The number of aromatic nitrogens is 3. The minimum atomic E-state index is -4.90. The lowest BCUT2D eigenvalue weighted by atomic mass is 10.1. The molecule has 0 aliphatic heterocycles. The zero-order chi connectivity index (χ0) is 45.6. The quantitative estimate of drug-likeness (QED) is 0.0603. The van der Waals surface area contributed by atoms with E-state index in [2.05, 4.69) is 35.4 Å². The van der Waals surface area contributed by atoms with Crippen molar-refractivity contribution in [1.82, 2.24) is 15.0 Å².